The number of fused-ring (bicyclic) bond motifs is 2. The van der Waals surface area contributed by atoms with Gasteiger partial charge in [-0.25, -0.2) is 0 Å². The molecule has 3 unspecified atom stereocenters. The average Bonchev–Trinajstić information content (AvgIpc) is 3.43. The maximum Gasteiger partial charge on any atom is 0.286 e. The Balaban J connectivity index is 1.37. The molecule has 0 spiro atoms. The van der Waals surface area contributed by atoms with Gasteiger partial charge in [-0.3, -0.25) is 4.79 Å². The lowest BCUT2D eigenvalue weighted by atomic mass is 9.86. The molecule has 3 fully saturated rings. The standard InChI is InChI=1S/C22H35NO4/c24-9-3-4-10-26-21-14-18(16-5-1-2-6-16)13-20(27-21)22(25)23-19-12-15-7-8-17(19)11-15/h13,15-19,21,24H,1-12,14H2,(H,23,25)/t15?,17?,18-,19?,21+/m0/s1. The smallest absolute Gasteiger partial charge is 0.286 e. The number of carbonyl (C=O) groups excluding carboxylic acids is 1. The molecule has 1 amide bonds. The van der Waals surface area contributed by atoms with Gasteiger partial charge in [0.25, 0.3) is 5.91 Å². The summed E-state index contributed by atoms with van der Waals surface area (Å²) >= 11 is 0. The van der Waals surface area contributed by atoms with Crippen LogP contribution in [0.4, 0.5) is 0 Å². The van der Waals surface area contributed by atoms with E-state index in [0.717, 1.165) is 31.6 Å². The van der Waals surface area contributed by atoms with Crippen LogP contribution in [-0.4, -0.2) is 36.6 Å². The lowest BCUT2D eigenvalue weighted by molar-refractivity contribution is -0.151. The number of nitrogens with one attached hydrogen (secondary N) is 1. The molecule has 3 saturated carbocycles. The molecule has 0 aromatic rings. The van der Waals surface area contributed by atoms with Crippen molar-refractivity contribution in [3.63, 3.8) is 0 Å². The fourth-order valence-electron chi connectivity index (χ4n) is 5.75. The molecule has 0 radical (unpaired) electrons. The Kier molecular flexibility index (Phi) is 6.39. The highest BCUT2D eigenvalue weighted by Gasteiger charge is 2.41. The minimum absolute atomic E-state index is 0.0424. The van der Waals surface area contributed by atoms with Crippen molar-refractivity contribution in [3.05, 3.63) is 11.8 Å². The van der Waals surface area contributed by atoms with E-state index in [1.807, 2.05) is 0 Å². The normalized spacial score (nSPS) is 35.9. The molecule has 2 N–H and O–H groups in total. The molecule has 5 nitrogen and oxygen atoms in total. The summed E-state index contributed by atoms with van der Waals surface area (Å²) in [5, 5.41) is 12.2. The summed E-state index contributed by atoms with van der Waals surface area (Å²) in [6, 6.07) is 0.330. The van der Waals surface area contributed by atoms with Gasteiger partial charge in [0.2, 0.25) is 6.29 Å². The van der Waals surface area contributed by atoms with E-state index < -0.39 is 0 Å². The molecule has 2 bridgehead atoms. The Bertz CT molecular complexity index is 542. The highest BCUT2D eigenvalue weighted by atomic mass is 16.7. The maximum atomic E-state index is 12.9. The first-order chi connectivity index (χ1) is 13.2. The molecule has 152 valence electrons. The van der Waals surface area contributed by atoms with Gasteiger partial charge in [0, 0.05) is 19.1 Å². The predicted octanol–water partition coefficient (Wildman–Crippen LogP) is 3.52. The van der Waals surface area contributed by atoms with Crippen LogP contribution in [0.2, 0.25) is 0 Å². The number of allylic oxidation sites excluding steroid dienone is 1. The Morgan fingerprint density at radius 2 is 1.96 bits per heavy atom. The second-order valence-corrected chi connectivity index (χ2v) is 9.08. The van der Waals surface area contributed by atoms with Gasteiger partial charge in [0.15, 0.2) is 5.76 Å². The molecular weight excluding hydrogens is 342 g/mol. The molecule has 3 aliphatic carbocycles. The van der Waals surface area contributed by atoms with Crippen molar-refractivity contribution in [2.75, 3.05) is 13.2 Å². The van der Waals surface area contributed by atoms with Crippen LogP contribution in [0.1, 0.15) is 70.6 Å². The van der Waals surface area contributed by atoms with E-state index in [0.29, 0.717) is 36.2 Å². The Labute approximate surface area is 162 Å². The third-order valence-electron chi connectivity index (χ3n) is 7.23. The molecule has 1 heterocycles. The van der Waals surface area contributed by atoms with Crippen LogP contribution in [0.25, 0.3) is 0 Å². The third kappa shape index (κ3) is 4.68. The van der Waals surface area contributed by atoms with Gasteiger partial charge in [0.1, 0.15) is 0 Å². The summed E-state index contributed by atoms with van der Waals surface area (Å²) in [6.07, 6.45) is 14.3. The van der Waals surface area contributed by atoms with Crippen LogP contribution in [-0.2, 0) is 14.3 Å². The molecule has 4 aliphatic rings. The first kappa shape index (κ1) is 19.3. The van der Waals surface area contributed by atoms with Crippen LogP contribution in [0.5, 0.6) is 0 Å². The van der Waals surface area contributed by atoms with Gasteiger partial charge in [-0.2, -0.15) is 0 Å². The molecule has 5 atom stereocenters. The number of aliphatic hydroxyl groups excluding tert-OH is 1. The summed E-state index contributed by atoms with van der Waals surface area (Å²) in [4.78, 5) is 12.9. The third-order valence-corrected chi connectivity index (χ3v) is 7.23. The number of carbonyl (C=O) groups is 1. The van der Waals surface area contributed by atoms with Gasteiger partial charge in [-0.05, 0) is 74.7 Å². The summed E-state index contributed by atoms with van der Waals surface area (Å²) < 4.78 is 11.9. The van der Waals surface area contributed by atoms with Crippen molar-refractivity contribution >= 4 is 5.91 Å². The highest BCUT2D eigenvalue weighted by Crippen LogP contribution is 2.44. The lowest BCUT2D eigenvalue weighted by Crippen LogP contribution is -2.41. The maximum absolute atomic E-state index is 12.9. The fourth-order valence-corrected chi connectivity index (χ4v) is 5.75. The van der Waals surface area contributed by atoms with E-state index in [1.54, 1.807) is 0 Å². The second kappa shape index (κ2) is 8.95. The van der Waals surface area contributed by atoms with Crippen LogP contribution in [0, 0.1) is 23.7 Å². The van der Waals surface area contributed by atoms with Crippen molar-refractivity contribution < 1.29 is 19.4 Å². The van der Waals surface area contributed by atoms with E-state index >= 15 is 0 Å². The zero-order chi connectivity index (χ0) is 18.6. The van der Waals surface area contributed by atoms with Crippen molar-refractivity contribution in [3.8, 4) is 0 Å². The molecular formula is C22H35NO4. The van der Waals surface area contributed by atoms with Gasteiger partial charge in [-0.1, -0.05) is 19.3 Å². The number of hydrogen-bond acceptors (Lipinski definition) is 4. The first-order valence-corrected chi connectivity index (χ1v) is 11.1. The molecule has 0 saturated heterocycles. The molecule has 5 heteroatoms. The van der Waals surface area contributed by atoms with E-state index in [4.69, 9.17) is 14.6 Å². The van der Waals surface area contributed by atoms with E-state index in [-0.39, 0.29) is 18.8 Å². The summed E-state index contributed by atoms with van der Waals surface area (Å²) in [5.74, 6) is 2.95. The minimum Gasteiger partial charge on any atom is -0.459 e. The van der Waals surface area contributed by atoms with Gasteiger partial charge in [0.05, 0.1) is 6.61 Å². The van der Waals surface area contributed by atoms with E-state index in [9.17, 15) is 4.79 Å². The van der Waals surface area contributed by atoms with Crippen LogP contribution < -0.4 is 5.32 Å². The van der Waals surface area contributed by atoms with Crippen molar-refractivity contribution in [2.24, 2.45) is 23.7 Å². The van der Waals surface area contributed by atoms with Gasteiger partial charge >= 0.3 is 0 Å². The average molecular weight is 378 g/mol. The number of hydrogen-bond donors (Lipinski definition) is 2. The van der Waals surface area contributed by atoms with Crippen LogP contribution in [0.3, 0.4) is 0 Å². The van der Waals surface area contributed by atoms with Crippen LogP contribution in [0.15, 0.2) is 11.8 Å². The largest absolute Gasteiger partial charge is 0.459 e. The summed E-state index contributed by atoms with van der Waals surface area (Å²) in [7, 11) is 0. The Hall–Kier alpha value is -1.07. The molecule has 1 aliphatic heterocycles. The summed E-state index contributed by atoms with van der Waals surface area (Å²) in [6.45, 7) is 0.764. The fraction of sp³-hybridized carbons (Fsp3) is 0.864. The number of amides is 1. The second-order valence-electron chi connectivity index (χ2n) is 9.08. The van der Waals surface area contributed by atoms with Crippen LogP contribution >= 0.6 is 0 Å². The Morgan fingerprint density at radius 3 is 2.67 bits per heavy atom. The number of unbranched alkanes of at least 4 members (excludes halogenated alkanes) is 1. The van der Waals surface area contributed by atoms with Crippen molar-refractivity contribution in [1.29, 1.82) is 0 Å². The molecule has 0 aromatic carbocycles. The number of aliphatic hydroxyl groups is 1. The highest BCUT2D eigenvalue weighted by molar-refractivity contribution is 5.91. The Morgan fingerprint density at radius 1 is 1.11 bits per heavy atom. The molecule has 4 rings (SSSR count). The first-order valence-electron chi connectivity index (χ1n) is 11.1. The summed E-state index contributed by atoms with van der Waals surface area (Å²) in [5.41, 5.74) is 0. The topological polar surface area (TPSA) is 67.8 Å². The van der Waals surface area contributed by atoms with E-state index in [2.05, 4.69) is 11.4 Å². The quantitative estimate of drug-likeness (QED) is 0.635. The van der Waals surface area contributed by atoms with Crippen molar-refractivity contribution in [2.45, 2.75) is 83.0 Å². The monoisotopic (exact) mass is 377 g/mol. The zero-order valence-corrected chi connectivity index (χ0v) is 16.4. The van der Waals surface area contributed by atoms with Crippen molar-refractivity contribution in [1.82, 2.24) is 5.32 Å². The minimum atomic E-state index is -0.333. The molecule has 0 aromatic heterocycles. The number of rotatable bonds is 8. The SMILES string of the molecule is O=C(NC1CC2CCC1C2)C1=C[C@H](C2CCCC2)C[C@H](OCCCCO)O1. The van der Waals surface area contributed by atoms with Gasteiger partial charge in [-0.15, -0.1) is 0 Å². The van der Waals surface area contributed by atoms with E-state index in [1.165, 1.54) is 44.9 Å². The number of ether oxygens (including phenoxy) is 2. The predicted molar refractivity (Wildman–Crippen MR) is 103 cm³/mol. The molecule has 27 heavy (non-hydrogen) atoms. The lowest BCUT2D eigenvalue weighted by Gasteiger charge is -2.32. The van der Waals surface area contributed by atoms with Gasteiger partial charge < -0.3 is 19.9 Å². The zero-order valence-electron chi connectivity index (χ0n) is 16.4.